The second-order valence-electron chi connectivity index (χ2n) is 4.52. The highest BCUT2D eigenvalue weighted by molar-refractivity contribution is 5.20. The first-order chi connectivity index (χ1) is 7.34. The molecule has 0 spiro atoms. The zero-order valence-electron chi connectivity index (χ0n) is 8.93. The van der Waals surface area contributed by atoms with Gasteiger partial charge in [-0.1, -0.05) is 37.3 Å². The van der Waals surface area contributed by atoms with Crippen LogP contribution in [0.25, 0.3) is 0 Å². The van der Waals surface area contributed by atoms with Gasteiger partial charge in [-0.05, 0) is 5.56 Å². The molecule has 2 aliphatic heterocycles. The molecule has 0 aromatic heterocycles. The summed E-state index contributed by atoms with van der Waals surface area (Å²) >= 11 is 0. The van der Waals surface area contributed by atoms with Crippen molar-refractivity contribution in [3.8, 4) is 0 Å². The maximum absolute atomic E-state index is 5.82. The summed E-state index contributed by atoms with van der Waals surface area (Å²) in [5.74, 6) is 0.469. The lowest BCUT2D eigenvalue weighted by Crippen LogP contribution is -2.29. The Morgan fingerprint density at radius 3 is 2.73 bits per heavy atom. The Bertz CT molecular complexity index is 336. The number of ether oxygens (including phenoxy) is 2. The molecule has 2 saturated heterocycles. The van der Waals surface area contributed by atoms with Crippen LogP contribution < -0.4 is 0 Å². The molecule has 2 heterocycles. The van der Waals surface area contributed by atoms with E-state index in [-0.39, 0.29) is 0 Å². The van der Waals surface area contributed by atoms with E-state index in [1.54, 1.807) is 0 Å². The monoisotopic (exact) mass is 204 g/mol. The Kier molecular flexibility index (Phi) is 2.26. The van der Waals surface area contributed by atoms with Gasteiger partial charge in [0.15, 0.2) is 0 Å². The summed E-state index contributed by atoms with van der Waals surface area (Å²) in [6.07, 6.45) is 2.27. The van der Waals surface area contributed by atoms with Crippen LogP contribution in [-0.2, 0) is 9.47 Å². The van der Waals surface area contributed by atoms with Gasteiger partial charge in [0.2, 0.25) is 0 Å². The molecule has 1 aromatic rings. The molecule has 0 bridgehead atoms. The van der Waals surface area contributed by atoms with E-state index in [0.29, 0.717) is 24.2 Å². The molecule has 15 heavy (non-hydrogen) atoms. The molecule has 4 atom stereocenters. The summed E-state index contributed by atoms with van der Waals surface area (Å²) in [6, 6.07) is 10.6. The Morgan fingerprint density at radius 2 is 2.00 bits per heavy atom. The first-order valence-corrected chi connectivity index (χ1v) is 5.66. The summed E-state index contributed by atoms with van der Waals surface area (Å²) < 4.78 is 11.3. The normalized spacial score (nSPS) is 35.7. The Balaban J connectivity index is 1.71. The number of hydrogen-bond donors (Lipinski definition) is 0. The SMILES string of the molecule is C[C@H](c1ccccc1)[C@@H]1C[C@@H]2O[C@@H]2CO1. The van der Waals surface area contributed by atoms with Gasteiger partial charge in [0.05, 0.1) is 18.8 Å². The van der Waals surface area contributed by atoms with Crippen molar-refractivity contribution in [2.75, 3.05) is 6.61 Å². The van der Waals surface area contributed by atoms with Crippen LogP contribution in [0.3, 0.4) is 0 Å². The van der Waals surface area contributed by atoms with E-state index in [4.69, 9.17) is 9.47 Å². The van der Waals surface area contributed by atoms with E-state index in [1.165, 1.54) is 5.56 Å². The molecule has 0 radical (unpaired) electrons. The molecule has 2 aliphatic rings. The number of epoxide rings is 1. The number of hydrogen-bond acceptors (Lipinski definition) is 2. The molecule has 2 fully saturated rings. The zero-order valence-corrected chi connectivity index (χ0v) is 8.93. The van der Waals surface area contributed by atoms with Gasteiger partial charge in [0.1, 0.15) is 6.10 Å². The van der Waals surface area contributed by atoms with E-state index < -0.39 is 0 Å². The second kappa shape index (κ2) is 3.62. The Labute approximate surface area is 90.2 Å². The van der Waals surface area contributed by atoms with Crippen LogP contribution in [0.1, 0.15) is 24.8 Å². The lowest BCUT2D eigenvalue weighted by molar-refractivity contribution is 0.0156. The van der Waals surface area contributed by atoms with Crippen molar-refractivity contribution < 1.29 is 9.47 Å². The molecule has 0 saturated carbocycles. The lowest BCUT2D eigenvalue weighted by Gasteiger charge is -2.26. The van der Waals surface area contributed by atoms with Crippen LogP contribution in [0.4, 0.5) is 0 Å². The first kappa shape index (κ1) is 9.37. The summed E-state index contributed by atoms with van der Waals surface area (Å²) in [5, 5.41) is 0. The standard InChI is InChI=1S/C13H16O2/c1-9(10-5-3-2-4-6-10)11-7-12-13(15-12)8-14-11/h2-6,9,11-13H,7-8H2,1H3/t9-,11+,12+,13-/m1/s1. The van der Waals surface area contributed by atoms with Crippen molar-refractivity contribution in [1.82, 2.24) is 0 Å². The fraction of sp³-hybridized carbons (Fsp3) is 0.538. The van der Waals surface area contributed by atoms with Gasteiger partial charge in [-0.15, -0.1) is 0 Å². The van der Waals surface area contributed by atoms with Gasteiger partial charge in [-0.2, -0.15) is 0 Å². The largest absolute Gasteiger partial charge is 0.375 e. The highest BCUT2D eigenvalue weighted by Crippen LogP contribution is 2.37. The van der Waals surface area contributed by atoms with Crippen molar-refractivity contribution in [3.05, 3.63) is 35.9 Å². The summed E-state index contributed by atoms with van der Waals surface area (Å²) in [7, 11) is 0. The van der Waals surface area contributed by atoms with Crippen LogP contribution >= 0.6 is 0 Å². The highest BCUT2D eigenvalue weighted by Gasteiger charge is 2.46. The number of fused-ring (bicyclic) bond motifs is 1. The van der Waals surface area contributed by atoms with Gasteiger partial charge in [0, 0.05) is 12.3 Å². The molecular formula is C13H16O2. The van der Waals surface area contributed by atoms with Gasteiger partial charge >= 0.3 is 0 Å². The van der Waals surface area contributed by atoms with Crippen LogP contribution in [0.15, 0.2) is 30.3 Å². The minimum absolute atomic E-state index is 0.330. The molecular weight excluding hydrogens is 188 g/mol. The predicted molar refractivity (Wildman–Crippen MR) is 57.9 cm³/mol. The molecule has 3 rings (SSSR count). The van der Waals surface area contributed by atoms with Gasteiger partial charge in [-0.25, -0.2) is 0 Å². The Morgan fingerprint density at radius 1 is 1.20 bits per heavy atom. The van der Waals surface area contributed by atoms with Crippen LogP contribution in [0.5, 0.6) is 0 Å². The van der Waals surface area contributed by atoms with E-state index in [0.717, 1.165) is 13.0 Å². The van der Waals surface area contributed by atoms with Gasteiger partial charge < -0.3 is 9.47 Å². The van der Waals surface area contributed by atoms with Crippen LogP contribution in [-0.4, -0.2) is 24.9 Å². The third-order valence-electron chi connectivity index (χ3n) is 3.51. The van der Waals surface area contributed by atoms with Gasteiger partial charge in [0.25, 0.3) is 0 Å². The maximum Gasteiger partial charge on any atom is 0.108 e. The van der Waals surface area contributed by atoms with Crippen molar-refractivity contribution >= 4 is 0 Å². The topological polar surface area (TPSA) is 21.8 Å². The molecule has 1 aromatic carbocycles. The molecule has 0 aliphatic carbocycles. The third-order valence-corrected chi connectivity index (χ3v) is 3.51. The molecule has 80 valence electrons. The van der Waals surface area contributed by atoms with Crippen molar-refractivity contribution in [2.24, 2.45) is 0 Å². The zero-order chi connectivity index (χ0) is 10.3. The van der Waals surface area contributed by atoms with E-state index in [9.17, 15) is 0 Å². The summed E-state index contributed by atoms with van der Waals surface area (Å²) in [5.41, 5.74) is 1.36. The van der Waals surface area contributed by atoms with E-state index in [1.807, 2.05) is 0 Å². The fourth-order valence-corrected chi connectivity index (χ4v) is 2.37. The molecule has 0 amide bonds. The minimum Gasteiger partial charge on any atom is -0.375 e. The van der Waals surface area contributed by atoms with Crippen molar-refractivity contribution in [1.29, 1.82) is 0 Å². The Hall–Kier alpha value is -0.860. The number of benzene rings is 1. The van der Waals surface area contributed by atoms with Crippen LogP contribution in [0.2, 0.25) is 0 Å². The number of rotatable bonds is 2. The first-order valence-electron chi connectivity index (χ1n) is 5.66. The predicted octanol–water partition coefficient (Wildman–Crippen LogP) is 2.35. The highest BCUT2D eigenvalue weighted by atomic mass is 16.6. The van der Waals surface area contributed by atoms with E-state index in [2.05, 4.69) is 37.3 Å². The maximum atomic E-state index is 5.82. The molecule has 0 unspecified atom stereocenters. The van der Waals surface area contributed by atoms with E-state index >= 15 is 0 Å². The smallest absolute Gasteiger partial charge is 0.108 e. The van der Waals surface area contributed by atoms with Crippen molar-refractivity contribution in [3.63, 3.8) is 0 Å². The average Bonchev–Trinajstić information content (AvgIpc) is 3.07. The second-order valence-corrected chi connectivity index (χ2v) is 4.52. The minimum atomic E-state index is 0.330. The van der Waals surface area contributed by atoms with Crippen LogP contribution in [0, 0.1) is 0 Å². The third kappa shape index (κ3) is 1.80. The average molecular weight is 204 g/mol. The summed E-state index contributed by atoms with van der Waals surface area (Å²) in [4.78, 5) is 0. The molecule has 2 nitrogen and oxygen atoms in total. The molecule has 2 heteroatoms. The van der Waals surface area contributed by atoms with Crippen molar-refractivity contribution in [2.45, 2.75) is 37.6 Å². The molecule has 0 N–H and O–H groups in total. The summed E-state index contributed by atoms with van der Waals surface area (Å²) in [6.45, 7) is 3.02. The quantitative estimate of drug-likeness (QED) is 0.690. The fourth-order valence-electron chi connectivity index (χ4n) is 2.37. The lowest BCUT2D eigenvalue weighted by atomic mass is 9.91. The van der Waals surface area contributed by atoms with Gasteiger partial charge in [-0.3, -0.25) is 0 Å².